The van der Waals surface area contributed by atoms with E-state index in [1.807, 2.05) is 18.2 Å². The summed E-state index contributed by atoms with van der Waals surface area (Å²) in [5.74, 6) is 0. The van der Waals surface area contributed by atoms with Gasteiger partial charge in [0.1, 0.15) is 0 Å². The maximum Gasteiger partial charge on any atom is 0.0340 e. The van der Waals surface area contributed by atoms with Gasteiger partial charge in [-0.25, -0.2) is 0 Å². The first-order valence-corrected chi connectivity index (χ1v) is 7.25. The van der Waals surface area contributed by atoms with Gasteiger partial charge in [0.25, 0.3) is 0 Å². The van der Waals surface area contributed by atoms with E-state index < -0.39 is 0 Å². The maximum absolute atomic E-state index is 3.50. The lowest BCUT2D eigenvalue weighted by Gasteiger charge is -2.17. The van der Waals surface area contributed by atoms with Crippen LogP contribution < -0.4 is 5.32 Å². The molecule has 0 unspecified atom stereocenters. The number of benzene rings is 2. The first-order chi connectivity index (χ1) is 9.24. The third kappa shape index (κ3) is 5.05. The van der Waals surface area contributed by atoms with Crippen molar-refractivity contribution in [3.8, 4) is 0 Å². The predicted octanol–water partition coefficient (Wildman–Crippen LogP) is 3.99. The van der Waals surface area contributed by atoms with E-state index in [0.29, 0.717) is 0 Å². The van der Waals surface area contributed by atoms with Crippen molar-refractivity contribution in [2.24, 2.45) is 0 Å². The van der Waals surface area contributed by atoms with E-state index in [1.54, 1.807) is 0 Å². The molecule has 2 rings (SSSR count). The number of nitrogens with zero attached hydrogens (tertiary/aromatic N) is 1. The van der Waals surface area contributed by atoms with Crippen LogP contribution in [-0.2, 0) is 6.54 Å². The number of halogens is 1. The molecule has 0 aliphatic heterocycles. The van der Waals surface area contributed by atoms with E-state index in [1.165, 1.54) is 11.3 Å². The predicted molar refractivity (Wildman–Crippen MR) is 85.4 cm³/mol. The molecule has 0 aliphatic carbocycles. The highest BCUT2D eigenvalue weighted by Gasteiger charge is 2.00. The van der Waals surface area contributed by atoms with Crippen molar-refractivity contribution < 1.29 is 0 Å². The normalized spacial score (nSPS) is 10.7. The fourth-order valence-electron chi connectivity index (χ4n) is 1.97. The van der Waals surface area contributed by atoms with Crippen molar-refractivity contribution in [2.75, 3.05) is 25.5 Å². The van der Waals surface area contributed by atoms with Gasteiger partial charge in [0.05, 0.1) is 0 Å². The fourth-order valence-corrected chi connectivity index (χ4v) is 2.42. The standard InChI is InChI=1S/C16H19BrN2/c1-19(13-14-6-5-7-15(17)12-14)11-10-18-16-8-3-2-4-9-16/h2-9,12,18H,10-11,13H2,1H3. The smallest absolute Gasteiger partial charge is 0.0340 e. The van der Waals surface area contributed by atoms with Crippen molar-refractivity contribution in [2.45, 2.75) is 6.54 Å². The SMILES string of the molecule is CN(CCNc1ccccc1)Cc1cccc(Br)c1. The molecule has 0 spiro atoms. The zero-order chi connectivity index (χ0) is 13.5. The lowest BCUT2D eigenvalue weighted by molar-refractivity contribution is 0.340. The minimum absolute atomic E-state index is 0.953. The molecule has 0 fully saturated rings. The summed E-state index contributed by atoms with van der Waals surface area (Å²) < 4.78 is 1.14. The van der Waals surface area contributed by atoms with Crippen molar-refractivity contribution in [3.63, 3.8) is 0 Å². The zero-order valence-corrected chi connectivity index (χ0v) is 12.7. The Balaban J connectivity index is 1.74. The van der Waals surface area contributed by atoms with Crippen LogP contribution in [0, 0.1) is 0 Å². The summed E-state index contributed by atoms with van der Waals surface area (Å²) in [6.07, 6.45) is 0. The number of rotatable bonds is 6. The summed E-state index contributed by atoms with van der Waals surface area (Å²) in [7, 11) is 2.15. The molecule has 3 heteroatoms. The molecule has 0 aromatic heterocycles. The molecule has 2 aromatic rings. The molecule has 0 aliphatic rings. The Morgan fingerprint density at radius 1 is 1.05 bits per heavy atom. The molecule has 2 aromatic carbocycles. The molecule has 2 nitrogen and oxygen atoms in total. The molecule has 0 bridgehead atoms. The lowest BCUT2D eigenvalue weighted by atomic mass is 10.2. The molecular weight excluding hydrogens is 300 g/mol. The summed E-state index contributed by atoms with van der Waals surface area (Å²) in [4.78, 5) is 2.32. The van der Waals surface area contributed by atoms with E-state index >= 15 is 0 Å². The topological polar surface area (TPSA) is 15.3 Å². The molecule has 0 heterocycles. The lowest BCUT2D eigenvalue weighted by Crippen LogP contribution is -2.24. The Morgan fingerprint density at radius 2 is 1.84 bits per heavy atom. The number of para-hydroxylation sites is 1. The van der Waals surface area contributed by atoms with Gasteiger partial charge in [0.2, 0.25) is 0 Å². The van der Waals surface area contributed by atoms with Gasteiger partial charge in [-0.2, -0.15) is 0 Å². The minimum Gasteiger partial charge on any atom is -0.384 e. The largest absolute Gasteiger partial charge is 0.384 e. The highest BCUT2D eigenvalue weighted by Crippen LogP contribution is 2.12. The van der Waals surface area contributed by atoms with Crippen LogP contribution in [0.15, 0.2) is 59.1 Å². The third-order valence-electron chi connectivity index (χ3n) is 2.94. The van der Waals surface area contributed by atoms with Gasteiger partial charge in [0, 0.05) is 29.8 Å². The third-order valence-corrected chi connectivity index (χ3v) is 3.43. The minimum atomic E-state index is 0.953. The Morgan fingerprint density at radius 3 is 2.58 bits per heavy atom. The molecule has 0 saturated heterocycles. The van der Waals surface area contributed by atoms with Crippen LogP contribution in [0.4, 0.5) is 5.69 Å². The average Bonchev–Trinajstić information content (AvgIpc) is 2.40. The van der Waals surface area contributed by atoms with Gasteiger partial charge >= 0.3 is 0 Å². The Hall–Kier alpha value is -1.32. The van der Waals surface area contributed by atoms with Crippen molar-refractivity contribution in [1.82, 2.24) is 4.90 Å². The number of likely N-dealkylation sites (N-methyl/N-ethyl adjacent to an activating group) is 1. The van der Waals surface area contributed by atoms with Crippen LogP contribution in [-0.4, -0.2) is 25.0 Å². The van der Waals surface area contributed by atoms with E-state index in [-0.39, 0.29) is 0 Å². The number of nitrogens with one attached hydrogen (secondary N) is 1. The summed E-state index contributed by atoms with van der Waals surface area (Å²) >= 11 is 3.50. The second kappa shape index (κ2) is 7.31. The van der Waals surface area contributed by atoms with Crippen LogP contribution in [0.3, 0.4) is 0 Å². The second-order valence-corrected chi connectivity index (χ2v) is 5.58. The summed E-state index contributed by atoms with van der Waals surface area (Å²) in [6.45, 7) is 2.94. The molecule has 0 atom stereocenters. The first-order valence-electron chi connectivity index (χ1n) is 6.46. The van der Waals surface area contributed by atoms with Crippen LogP contribution >= 0.6 is 15.9 Å². The zero-order valence-electron chi connectivity index (χ0n) is 11.1. The van der Waals surface area contributed by atoms with Gasteiger partial charge in [-0.05, 0) is 36.9 Å². The number of hydrogen-bond acceptors (Lipinski definition) is 2. The van der Waals surface area contributed by atoms with Gasteiger partial charge < -0.3 is 10.2 Å². The Kier molecular flexibility index (Phi) is 5.43. The van der Waals surface area contributed by atoms with E-state index in [9.17, 15) is 0 Å². The van der Waals surface area contributed by atoms with Crippen LogP contribution in [0.5, 0.6) is 0 Å². The molecule has 100 valence electrons. The van der Waals surface area contributed by atoms with Gasteiger partial charge in [-0.15, -0.1) is 0 Å². The number of anilines is 1. The highest BCUT2D eigenvalue weighted by atomic mass is 79.9. The van der Waals surface area contributed by atoms with Crippen molar-refractivity contribution in [3.05, 3.63) is 64.6 Å². The molecule has 19 heavy (non-hydrogen) atoms. The fraction of sp³-hybridized carbons (Fsp3) is 0.250. The summed E-state index contributed by atoms with van der Waals surface area (Å²) in [5, 5.41) is 3.42. The average molecular weight is 319 g/mol. The Bertz CT molecular complexity index is 499. The molecule has 1 N–H and O–H groups in total. The molecule has 0 amide bonds. The van der Waals surface area contributed by atoms with E-state index in [4.69, 9.17) is 0 Å². The molecule has 0 saturated carbocycles. The monoisotopic (exact) mass is 318 g/mol. The quantitative estimate of drug-likeness (QED) is 0.866. The van der Waals surface area contributed by atoms with Crippen LogP contribution in [0.2, 0.25) is 0 Å². The van der Waals surface area contributed by atoms with Crippen LogP contribution in [0.25, 0.3) is 0 Å². The second-order valence-electron chi connectivity index (χ2n) is 4.66. The molecular formula is C16H19BrN2. The van der Waals surface area contributed by atoms with E-state index in [0.717, 1.165) is 24.1 Å². The highest BCUT2D eigenvalue weighted by molar-refractivity contribution is 9.10. The summed E-state index contributed by atoms with van der Waals surface area (Å²) in [5.41, 5.74) is 2.51. The number of hydrogen-bond donors (Lipinski definition) is 1. The van der Waals surface area contributed by atoms with Gasteiger partial charge in [-0.1, -0.05) is 46.3 Å². The Labute approximate surface area is 123 Å². The van der Waals surface area contributed by atoms with Crippen molar-refractivity contribution >= 4 is 21.6 Å². The van der Waals surface area contributed by atoms with Crippen molar-refractivity contribution in [1.29, 1.82) is 0 Å². The first kappa shape index (κ1) is 14.1. The van der Waals surface area contributed by atoms with Gasteiger partial charge in [-0.3, -0.25) is 0 Å². The van der Waals surface area contributed by atoms with Crippen LogP contribution in [0.1, 0.15) is 5.56 Å². The van der Waals surface area contributed by atoms with Gasteiger partial charge in [0.15, 0.2) is 0 Å². The maximum atomic E-state index is 3.50. The van der Waals surface area contributed by atoms with E-state index in [2.05, 4.69) is 69.6 Å². The molecule has 0 radical (unpaired) electrons. The summed E-state index contributed by atoms with van der Waals surface area (Å²) in [6, 6.07) is 18.8.